The number of hydrogen-bond acceptors (Lipinski definition) is 6. The first kappa shape index (κ1) is 18.9. The molecule has 1 aromatic carbocycles. The molecule has 0 amide bonds. The number of aromatic nitrogens is 1. The van der Waals surface area contributed by atoms with Gasteiger partial charge in [-0.2, -0.15) is 11.8 Å². The Bertz CT molecular complexity index is 912. The van der Waals surface area contributed by atoms with E-state index in [1.165, 1.54) is 23.9 Å². The number of thioether (sulfide) groups is 1. The summed E-state index contributed by atoms with van der Waals surface area (Å²) in [7, 11) is -4.17. The number of carboxylic acid groups (broad SMARTS) is 1. The van der Waals surface area contributed by atoms with E-state index in [2.05, 4.69) is 10.3 Å². The highest BCUT2D eigenvalue weighted by molar-refractivity contribution is 8.02. The molecule has 0 radical (unpaired) electrons. The van der Waals surface area contributed by atoms with Crippen LogP contribution in [0.3, 0.4) is 0 Å². The Morgan fingerprint density at radius 3 is 2.23 bits per heavy atom. The maximum Gasteiger partial charge on any atom is 0.341 e. The van der Waals surface area contributed by atoms with Crippen LogP contribution in [-0.4, -0.2) is 46.4 Å². The highest BCUT2D eigenvalue weighted by atomic mass is 32.2. The summed E-state index contributed by atoms with van der Waals surface area (Å²) in [5, 5.41) is 12.7. The molecule has 26 heavy (non-hydrogen) atoms. The van der Waals surface area contributed by atoms with E-state index in [9.17, 15) is 18.3 Å². The molecule has 1 atom stereocenters. The van der Waals surface area contributed by atoms with Crippen molar-refractivity contribution in [1.82, 2.24) is 10.3 Å². The van der Waals surface area contributed by atoms with Gasteiger partial charge in [-0.3, -0.25) is 10.3 Å². The molecule has 138 valence electrons. The fraction of sp³-hybridized carbons (Fsp3) is 0.333. The van der Waals surface area contributed by atoms with Crippen LogP contribution in [0.4, 0.5) is 0 Å². The highest BCUT2D eigenvalue weighted by Gasteiger charge is 2.63. The standard InChI is InChI=1S/C18H20N2O4S2/c1-17(2)18(16(21)22,20-11-12-25-17)26(23,24)15-5-3-13(4-6-15)14-7-9-19-10-8-14/h3-10,20H,11-12H2,1-2H3,(H,21,22)/t18-/m0/s1. The molecule has 1 saturated heterocycles. The van der Waals surface area contributed by atoms with E-state index in [0.29, 0.717) is 12.3 Å². The predicted molar refractivity (Wildman–Crippen MR) is 102 cm³/mol. The zero-order valence-electron chi connectivity index (χ0n) is 14.5. The van der Waals surface area contributed by atoms with Crippen molar-refractivity contribution in [2.24, 2.45) is 0 Å². The Balaban J connectivity index is 2.08. The van der Waals surface area contributed by atoms with Crippen LogP contribution in [0.2, 0.25) is 0 Å². The Kier molecular flexibility index (Phi) is 4.85. The molecule has 2 aromatic rings. The maximum atomic E-state index is 13.3. The molecule has 2 N–H and O–H groups in total. The third-order valence-corrected chi connectivity index (χ3v) is 8.76. The fourth-order valence-corrected chi connectivity index (χ4v) is 6.86. The average molecular weight is 393 g/mol. The number of pyridine rings is 1. The van der Waals surface area contributed by atoms with Gasteiger partial charge in [-0.15, -0.1) is 0 Å². The molecule has 1 aromatic heterocycles. The maximum absolute atomic E-state index is 13.3. The van der Waals surface area contributed by atoms with Crippen LogP contribution >= 0.6 is 11.8 Å². The van der Waals surface area contributed by atoms with E-state index in [1.807, 2.05) is 12.1 Å². The van der Waals surface area contributed by atoms with Crippen LogP contribution in [-0.2, 0) is 14.6 Å². The minimum absolute atomic E-state index is 0.0132. The lowest BCUT2D eigenvalue weighted by Gasteiger charge is -2.45. The molecule has 8 heteroatoms. The molecule has 0 saturated carbocycles. The Hall–Kier alpha value is -1.90. The van der Waals surface area contributed by atoms with Crippen LogP contribution in [0, 0.1) is 0 Å². The van der Waals surface area contributed by atoms with Gasteiger partial charge in [-0.25, -0.2) is 13.2 Å². The molecule has 0 spiro atoms. The lowest BCUT2D eigenvalue weighted by molar-refractivity contribution is -0.142. The molecule has 0 bridgehead atoms. The van der Waals surface area contributed by atoms with Gasteiger partial charge in [0.15, 0.2) is 0 Å². The van der Waals surface area contributed by atoms with E-state index < -0.39 is 25.4 Å². The van der Waals surface area contributed by atoms with Crippen LogP contribution in [0.15, 0.2) is 53.7 Å². The van der Waals surface area contributed by atoms with Gasteiger partial charge in [0.25, 0.3) is 0 Å². The lowest BCUT2D eigenvalue weighted by atomic mass is 10.0. The molecule has 3 rings (SSSR count). The molecule has 6 nitrogen and oxygen atoms in total. The first-order valence-electron chi connectivity index (χ1n) is 8.10. The first-order valence-corrected chi connectivity index (χ1v) is 10.6. The quantitative estimate of drug-likeness (QED) is 0.825. The molecule has 0 aliphatic carbocycles. The van der Waals surface area contributed by atoms with Gasteiger partial charge in [0.05, 0.1) is 9.64 Å². The second-order valence-corrected chi connectivity index (χ2v) is 10.3. The summed E-state index contributed by atoms with van der Waals surface area (Å²) in [6, 6.07) is 9.94. The average Bonchev–Trinajstić information content (AvgIpc) is 2.62. The molecule has 1 aliphatic heterocycles. The summed E-state index contributed by atoms with van der Waals surface area (Å²) in [6.07, 6.45) is 3.32. The number of aliphatic carboxylic acids is 1. The summed E-state index contributed by atoms with van der Waals surface area (Å²) >= 11 is 1.35. The molecule has 1 fully saturated rings. The van der Waals surface area contributed by atoms with E-state index in [0.717, 1.165) is 11.1 Å². The molecular formula is C18H20N2O4S2. The van der Waals surface area contributed by atoms with Crippen molar-refractivity contribution >= 4 is 27.6 Å². The molecule has 1 aliphatic rings. The SMILES string of the molecule is CC1(C)SCCN[C@@]1(C(=O)O)S(=O)(=O)c1ccc(-c2ccncc2)cc1. The number of rotatable bonds is 4. The fourth-order valence-electron chi connectivity index (χ4n) is 3.26. The topological polar surface area (TPSA) is 96.4 Å². The predicted octanol–water partition coefficient (Wildman–Crippen LogP) is 2.42. The van der Waals surface area contributed by atoms with Gasteiger partial charge >= 0.3 is 5.97 Å². The zero-order valence-corrected chi connectivity index (χ0v) is 16.1. The lowest BCUT2D eigenvalue weighted by Crippen LogP contribution is -2.70. The van der Waals surface area contributed by atoms with Crippen molar-refractivity contribution in [3.05, 3.63) is 48.8 Å². The largest absolute Gasteiger partial charge is 0.479 e. The number of benzene rings is 1. The summed E-state index contributed by atoms with van der Waals surface area (Å²) in [5.41, 5.74) is 1.74. The summed E-state index contributed by atoms with van der Waals surface area (Å²) < 4.78 is 25.7. The Morgan fingerprint density at radius 1 is 1.12 bits per heavy atom. The molecular weight excluding hydrogens is 372 g/mol. The van der Waals surface area contributed by atoms with Crippen molar-refractivity contribution in [2.75, 3.05) is 12.3 Å². The Morgan fingerprint density at radius 2 is 1.69 bits per heavy atom. The van der Waals surface area contributed by atoms with Gasteiger partial charge in [-0.05, 0) is 49.2 Å². The van der Waals surface area contributed by atoms with E-state index in [-0.39, 0.29) is 4.90 Å². The Labute approximate surface area is 157 Å². The van der Waals surface area contributed by atoms with Crippen molar-refractivity contribution in [2.45, 2.75) is 28.4 Å². The smallest absolute Gasteiger partial charge is 0.341 e. The van der Waals surface area contributed by atoms with Crippen LogP contribution in [0.25, 0.3) is 11.1 Å². The highest BCUT2D eigenvalue weighted by Crippen LogP contribution is 2.44. The molecule has 0 unspecified atom stereocenters. The number of hydrogen-bond donors (Lipinski definition) is 2. The summed E-state index contributed by atoms with van der Waals surface area (Å²) in [4.78, 5) is 14.0. The number of carboxylic acids is 1. The minimum atomic E-state index is -4.17. The third-order valence-electron chi connectivity index (χ3n) is 4.67. The second kappa shape index (κ2) is 6.68. The van der Waals surface area contributed by atoms with E-state index >= 15 is 0 Å². The van der Waals surface area contributed by atoms with Crippen molar-refractivity contribution < 1.29 is 18.3 Å². The van der Waals surface area contributed by atoms with E-state index in [4.69, 9.17) is 0 Å². The van der Waals surface area contributed by atoms with Gasteiger partial charge in [0.2, 0.25) is 14.7 Å². The van der Waals surface area contributed by atoms with Crippen LogP contribution in [0.5, 0.6) is 0 Å². The summed E-state index contributed by atoms with van der Waals surface area (Å²) in [6.45, 7) is 3.62. The third kappa shape index (κ3) is 2.82. The number of nitrogens with one attached hydrogen (secondary N) is 1. The second-order valence-electron chi connectivity index (χ2n) is 6.54. The molecule has 2 heterocycles. The van der Waals surface area contributed by atoms with Gasteiger partial charge in [0, 0.05) is 24.7 Å². The van der Waals surface area contributed by atoms with Crippen LogP contribution in [0.1, 0.15) is 13.8 Å². The number of nitrogens with zero attached hydrogens (tertiary/aromatic N) is 1. The van der Waals surface area contributed by atoms with Crippen LogP contribution < -0.4 is 5.32 Å². The van der Waals surface area contributed by atoms with Gasteiger partial charge in [-0.1, -0.05) is 12.1 Å². The first-order chi connectivity index (χ1) is 12.2. The van der Waals surface area contributed by atoms with Gasteiger partial charge in [0.1, 0.15) is 0 Å². The minimum Gasteiger partial charge on any atom is -0.479 e. The van der Waals surface area contributed by atoms with Crippen molar-refractivity contribution in [3.63, 3.8) is 0 Å². The summed E-state index contributed by atoms with van der Waals surface area (Å²) in [5.74, 6) is -0.730. The van der Waals surface area contributed by atoms with Crippen molar-refractivity contribution in [1.29, 1.82) is 0 Å². The van der Waals surface area contributed by atoms with E-state index in [1.54, 1.807) is 38.4 Å². The number of sulfone groups is 1. The van der Waals surface area contributed by atoms with Crippen molar-refractivity contribution in [3.8, 4) is 11.1 Å². The monoisotopic (exact) mass is 392 g/mol. The van der Waals surface area contributed by atoms with Gasteiger partial charge < -0.3 is 5.11 Å². The zero-order chi connectivity index (χ0) is 19.0. The normalized spacial score (nSPS) is 22.7. The number of carbonyl (C=O) groups is 1.